The molecule has 0 unspecified atom stereocenters. The number of nitrogens with one attached hydrogen (secondary N) is 1. The first-order valence-electron chi connectivity index (χ1n) is 11.9. The molecule has 2 saturated heterocycles. The number of hydrogen-bond donors (Lipinski definition) is 2. The lowest BCUT2D eigenvalue weighted by Crippen LogP contribution is -2.50. The molecular weight excluding hydrogens is 458 g/mol. The molecule has 2 aliphatic heterocycles. The number of imide groups is 1. The van der Waals surface area contributed by atoms with Crippen LogP contribution in [-0.2, 0) is 4.74 Å². The van der Waals surface area contributed by atoms with E-state index in [1.165, 1.54) is 6.07 Å². The second-order valence-electron chi connectivity index (χ2n) is 9.47. The number of amides is 3. The monoisotopic (exact) mass is 486 g/mol. The Kier molecular flexibility index (Phi) is 6.66. The number of benzene rings is 1. The van der Waals surface area contributed by atoms with Crippen LogP contribution in [-0.4, -0.2) is 69.9 Å². The highest BCUT2D eigenvalue weighted by atomic mass is 19.2. The third-order valence-electron chi connectivity index (χ3n) is 7.37. The molecule has 5 rings (SSSR count). The Labute approximate surface area is 201 Å². The number of carbonyl (C=O) groups is 2. The zero-order valence-corrected chi connectivity index (χ0v) is 19.1. The fourth-order valence-electron chi connectivity index (χ4n) is 5.45. The quantitative estimate of drug-likeness (QED) is 0.689. The van der Waals surface area contributed by atoms with Gasteiger partial charge in [-0.2, -0.15) is 0 Å². The number of carbonyl (C=O) groups excluding carboxylic acids is 2. The van der Waals surface area contributed by atoms with Crippen molar-refractivity contribution in [1.82, 2.24) is 20.1 Å². The summed E-state index contributed by atoms with van der Waals surface area (Å²) in [6.45, 7) is 0.738. The van der Waals surface area contributed by atoms with Gasteiger partial charge in [0.2, 0.25) is 0 Å². The second-order valence-corrected chi connectivity index (χ2v) is 9.47. The zero-order chi connectivity index (χ0) is 24.5. The molecular formula is C25H28F2N4O4. The summed E-state index contributed by atoms with van der Waals surface area (Å²) >= 11 is 0. The van der Waals surface area contributed by atoms with Crippen LogP contribution in [0, 0.1) is 11.6 Å². The number of ether oxygens (including phenoxy) is 1. The van der Waals surface area contributed by atoms with Gasteiger partial charge in [0.1, 0.15) is 12.6 Å². The van der Waals surface area contributed by atoms with E-state index in [0.29, 0.717) is 25.0 Å². The van der Waals surface area contributed by atoms with E-state index in [1.807, 2.05) is 18.3 Å². The largest absolute Gasteiger partial charge is 0.446 e. The predicted molar refractivity (Wildman–Crippen MR) is 121 cm³/mol. The molecule has 3 fully saturated rings. The number of aromatic nitrogens is 1. The number of cyclic esters (lactones) is 1. The summed E-state index contributed by atoms with van der Waals surface area (Å²) in [5.41, 5.74) is 1.37. The van der Waals surface area contributed by atoms with E-state index in [1.54, 1.807) is 0 Å². The highest BCUT2D eigenvalue weighted by Gasteiger charge is 2.43. The van der Waals surface area contributed by atoms with Crippen molar-refractivity contribution in [3.05, 3.63) is 65.5 Å². The zero-order valence-electron chi connectivity index (χ0n) is 19.1. The van der Waals surface area contributed by atoms with Gasteiger partial charge in [-0.1, -0.05) is 12.1 Å². The Bertz CT molecular complexity index is 1080. The van der Waals surface area contributed by atoms with Crippen molar-refractivity contribution in [2.75, 3.05) is 19.7 Å². The fraction of sp³-hybridized carbons (Fsp3) is 0.480. The number of hydrogen-bond acceptors (Lipinski definition) is 6. The van der Waals surface area contributed by atoms with Crippen molar-refractivity contribution in [2.45, 2.75) is 55.8 Å². The molecule has 3 heterocycles. The molecule has 0 radical (unpaired) electrons. The van der Waals surface area contributed by atoms with Gasteiger partial charge in [0.25, 0.3) is 0 Å². The van der Waals surface area contributed by atoms with E-state index in [0.717, 1.165) is 48.4 Å². The number of halogens is 2. The third-order valence-corrected chi connectivity index (χ3v) is 7.37. The van der Waals surface area contributed by atoms with Gasteiger partial charge >= 0.3 is 12.1 Å². The van der Waals surface area contributed by atoms with Crippen LogP contribution in [0.5, 0.6) is 0 Å². The molecule has 0 spiro atoms. The molecule has 3 amide bonds. The molecule has 3 aliphatic rings. The van der Waals surface area contributed by atoms with Crippen molar-refractivity contribution in [3.63, 3.8) is 0 Å². The molecule has 0 bridgehead atoms. The first-order chi connectivity index (χ1) is 16.9. The second kappa shape index (κ2) is 9.87. The van der Waals surface area contributed by atoms with Crippen LogP contribution < -0.4 is 5.32 Å². The average molecular weight is 487 g/mol. The standard InChI is InChI=1S/C25H28F2N4O4/c26-18-9-6-16(11-19(18)27)22-14-35-25(34)31(22)24(33)29-21-12-30(13-23(21)32)17-7-4-15(5-8-17)20-3-1-2-10-28-20/h1-3,6,9-11,15,17,21-23,32H,4-5,7-8,12-14H2,(H,29,33)/t15?,17?,21-,22+,23-/m0/s1. The maximum absolute atomic E-state index is 13.7. The van der Waals surface area contributed by atoms with Crippen molar-refractivity contribution >= 4 is 12.1 Å². The van der Waals surface area contributed by atoms with Crippen LogP contribution >= 0.6 is 0 Å². The van der Waals surface area contributed by atoms with Gasteiger partial charge < -0.3 is 15.2 Å². The summed E-state index contributed by atoms with van der Waals surface area (Å²) < 4.78 is 32.1. The number of nitrogens with zero attached hydrogens (tertiary/aromatic N) is 3. The maximum atomic E-state index is 13.7. The molecule has 1 aromatic heterocycles. The van der Waals surface area contributed by atoms with Crippen LogP contribution in [0.4, 0.5) is 18.4 Å². The molecule has 3 atom stereocenters. The minimum Gasteiger partial charge on any atom is -0.446 e. The molecule has 1 aliphatic carbocycles. The van der Waals surface area contributed by atoms with Gasteiger partial charge in [-0.3, -0.25) is 9.88 Å². The topological polar surface area (TPSA) is 95.0 Å². The van der Waals surface area contributed by atoms with Crippen LogP contribution in [0.25, 0.3) is 0 Å². The van der Waals surface area contributed by atoms with Crippen LogP contribution in [0.2, 0.25) is 0 Å². The SMILES string of the molecule is O=C(N[C@H]1CN(C2CCC(c3ccccn3)CC2)C[C@@H]1O)N1C(=O)OC[C@@H]1c1ccc(F)c(F)c1. The van der Waals surface area contributed by atoms with Crippen LogP contribution in [0.1, 0.15) is 48.9 Å². The molecule has 1 aromatic carbocycles. The van der Waals surface area contributed by atoms with Gasteiger partial charge in [-0.25, -0.2) is 23.3 Å². The normalized spacial score (nSPS) is 29.3. The summed E-state index contributed by atoms with van der Waals surface area (Å²) in [4.78, 5) is 32.8. The highest BCUT2D eigenvalue weighted by molar-refractivity contribution is 5.93. The third kappa shape index (κ3) is 4.85. The number of likely N-dealkylation sites (tertiary alicyclic amines) is 1. The first-order valence-corrected chi connectivity index (χ1v) is 11.9. The van der Waals surface area contributed by atoms with Gasteiger partial charge in [0.15, 0.2) is 11.6 Å². The Morgan fingerprint density at radius 1 is 1.09 bits per heavy atom. The van der Waals surface area contributed by atoms with E-state index >= 15 is 0 Å². The molecule has 1 saturated carbocycles. The van der Waals surface area contributed by atoms with E-state index in [-0.39, 0.29) is 12.2 Å². The van der Waals surface area contributed by atoms with E-state index < -0.39 is 41.9 Å². The molecule has 2 aromatic rings. The summed E-state index contributed by atoms with van der Waals surface area (Å²) in [5, 5.41) is 13.4. The smallest absolute Gasteiger partial charge is 0.418 e. The summed E-state index contributed by atoms with van der Waals surface area (Å²) in [5.74, 6) is -1.65. The van der Waals surface area contributed by atoms with Crippen molar-refractivity contribution in [1.29, 1.82) is 0 Å². The molecule has 8 nitrogen and oxygen atoms in total. The Morgan fingerprint density at radius 2 is 1.89 bits per heavy atom. The minimum absolute atomic E-state index is 0.157. The predicted octanol–water partition coefficient (Wildman–Crippen LogP) is 3.33. The lowest BCUT2D eigenvalue weighted by Gasteiger charge is -2.34. The van der Waals surface area contributed by atoms with Gasteiger partial charge in [-0.05, 0) is 55.5 Å². The number of aliphatic hydroxyl groups excluding tert-OH is 1. The van der Waals surface area contributed by atoms with Crippen molar-refractivity contribution < 1.29 is 28.2 Å². The average Bonchev–Trinajstić information content (AvgIpc) is 3.44. The van der Waals surface area contributed by atoms with Crippen molar-refractivity contribution in [2.24, 2.45) is 0 Å². The number of pyridine rings is 1. The number of aliphatic hydroxyl groups is 1. The van der Waals surface area contributed by atoms with Crippen molar-refractivity contribution in [3.8, 4) is 0 Å². The Hall–Kier alpha value is -3.11. The summed E-state index contributed by atoms with van der Waals surface area (Å²) in [6, 6.07) is 7.34. The lowest BCUT2D eigenvalue weighted by atomic mass is 9.83. The minimum atomic E-state index is -1.07. The summed E-state index contributed by atoms with van der Waals surface area (Å²) in [6.07, 6.45) is 4.15. The number of rotatable bonds is 4. The van der Waals surface area contributed by atoms with E-state index in [9.17, 15) is 23.5 Å². The van der Waals surface area contributed by atoms with Gasteiger partial charge in [0.05, 0.1) is 12.1 Å². The van der Waals surface area contributed by atoms with Crippen LogP contribution in [0.3, 0.4) is 0 Å². The molecule has 2 N–H and O–H groups in total. The van der Waals surface area contributed by atoms with Gasteiger partial charge in [0, 0.05) is 36.9 Å². The molecule has 35 heavy (non-hydrogen) atoms. The summed E-state index contributed by atoms with van der Waals surface area (Å²) in [7, 11) is 0. The molecule has 186 valence electrons. The first kappa shape index (κ1) is 23.6. The number of β-amino-alcohol motifs (C(OH)–C–C–N with tert-alkyl or cyclic N) is 1. The maximum Gasteiger partial charge on any atom is 0.418 e. The Morgan fingerprint density at radius 3 is 2.60 bits per heavy atom. The van der Waals surface area contributed by atoms with E-state index in [4.69, 9.17) is 4.74 Å². The van der Waals surface area contributed by atoms with Crippen LogP contribution in [0.15, 0.2) is 42.6 Å². The fourth-order valence-corrected chi connectivity index (χ4v) is 5.45. The van der Waals surface area contributed by atoms with E-state index in [2.05, 4.69) is 21.3 Å². The lowest BCUT2D eigenvalue weighted by molar-refractivity contribution is 0.130. The Balaban J connectivity index is 1.19. The highest BCUT2D eigenvalue weighted by Crippen LogP contribution is 2.35. The van der Waals surface area contributed by atoms with Gasteiger partial charge in [-0.15, -0.1) is 0 Å². The number of urea groups is 1. The molecule has 10 heteroatoms.